The first-order valence-corrected chi connectivity index (χ1v) is 9.69. The zero-order chi connectivity index (χ0) is 17.7. The normalized spacial score (nSPS) is 11.1. The van der Waals surface area contributed by atoms with Crippen molar-refractivity contribution >= 4 is 37.4 Å². The first kappa shape index (κ1) is 18.5. The highest BCUT2D eigenvalue weighted by atomic mass is 79.9. The minimum Gasteiger partial charge on any atom is -0.497 e. The fourth-order valence-corrected chi connectivity index (χ4v) is 3.56. The van der Waals surface area contributed by atoms with Crippen molar-refractivity contribution in [1.29, 1.82) is 0 Å². The Hall–Kier alpha value is -1.86. The number of nitrogens with one attached hydrogen (secondary N) is 1. The van der Waals surface area contributed by atoms with E-state index in [0.717, 1.165) is 10.0 Å². The number of sulfone groups is 1. The first-order chi connectivity index (χ1) is 11.3. The van der Waals surface area contributed by atoms with E-state index in [0.29, 0.717) is 11.4 Å². The second-order valence-electron chi connectivity index (χ2n) is 5.26. The van der Waals surface area contributed by atoms with Crippen LogP contribution in [0.5, 0.6) is 5.75 Å². The van der Waals surface area contributed by atoms with Gasteiger partial charge in [-0.25, -0.2) is 8.42 Å². The number of hydrogen-bond acceptors (Lipinski definition) is 4. The molecular formula is C17H18BrNO4S. The van der Waals surface area contributed by atoms with Gasteiger partial charge >= 0.3 is 0 Å². The average molecular weight is 412 g/mol. The number of carbonyl (C=O) groups is 1. The third-order valence-corrected chi connectivity index (χ3v) is 6.08. The molecule has 0 aliphatic carbocycles. The summed E-state index contributed by atoms with van der Waals surface area (Å²) in [6.07, 6.45) is -0.108. The first-order valence-electron chi connectivity index (χ1n) is 7.24. The van der Waals surface area contributed by atoms with Crippen LogP contribution in [-0.4, -0.2) is 27.2 Å². The molecule has 128 valence electrons. The van der Waals surface area contributed by atoms with Crippen molar-refractivity contribution in [1.82, 2.24) is 0 Å². The number of methoxy groups -OCH3 is 1. The molecule has 0 fully saturated rings. The molecule has 0 radical (unpaired) electrons. The molecular weight excluding hydrogens is 394 g/mol. The Kier molecular flexibility index (Phi) is 6.01. The zero-order valence-electron chi connectivity index (χ0n) is 13.4. The number of benzene rings is 2. The lowest BCUT2D eigenvalue weighted by atomic mass is 10.2. The van der Waals surface area contributed by atoms with E-state index in [1.165, 1.54) is 19.2 Å². The summed E-state index contributed by atoms with van der Waals surface area (Å²) in [4.78, 5) is 12.2. The van der Waals surface area contributed by atoms with Gasteiger partial charge in [0, 0.05) is 16.6 Å². The van der Waals surface area contributed by atoms with E-state index in [-0.39, 0.29) is 23.0 Å². The van der Waals surface area contributed by atoms with Crippen molar-refractivity contribution in [3.63, 3.8) is 0 Å². The topological polar surface area (TPSA) is 72.5 Å². The Morgan fingerprint density at radius 2 is 1.83 bits per heavy atom. The minimum atomic E-state index is -3.51. The minimum absolute atomic E-state index is 0.108. The van der Waals surface area contributed by atoms with E-state index in [1.807, 2.05) is 19.1 Å². The van der Waals surface area contributed by atoms with E-state index in [4.69, 9.17) is 4.74 Å². The van der Waals surface area contributed by atoms with Crippen molar-refractivity contribution in [2.45, 2.75) is 18.2 Å². The van der Waals surface area contributed by atoms with Gasteiger partial charge in [-0.2, -0.15) is 0 Å². The van der Waals surface area contributed by atoms with Crippen LogP contribution in [0.3, 0.4) is 0 Å². The summed E-state index contributed by atoms with van der Waals surface area (Å²) < 4.78 is 30.5. The number of hydrogen-bond donors (Lipinski definition) is 1. The van der Waals surface area contributed by atoms with Gasteiger partial charge in [-0.3, -0.25) is 4.79 Å². The molecule has 0 aliphatic heterocycles. The van der Waals surface area contributed by atoms with Crippen molar-refractivity contribution in [3.05, 3.63) is 52.5 Å². The molecule has 0 aromatic heterocycles. The van der Waals surface area contributed by atoms with Crippen LogP contribution in [0.2, 0.25) is 0 Å². The standard InChI is InChI=1S/C17H18BrNO4S/c1-12-11-13(3-8-16(12)18)19-17(20)9-10-24(21,22)15-6-4-14(23-2)5-7-15/h3-8,11H,9-10H2,1-2H3,(H,19,20). The van der Waals surface area contributed by atoms with Crippen LogP contribution in [0.15, 0.2) is 51.8 Å². The monoisotopic (exact) mass is 411 g/mol. The molecule has 7 heteroatoms. The fraction of sp³-hybridized carbons (Fsp3) is 0.235. The highest BCUT2D eigenvalue weighted by Crippen LogP contribution is 2.21. The Morgan fingerprint density at radius 3 is 2.42 bits per heavy atom. The van der Waals surface area contributed by atoms with E-state index >= 15 is 0 Å². The number of anilines is 1. The smallest absolute Gasteiger partial charge is 0.225 e. The summed E-state index contributed by atoms with van der Waals surface area (Å²) in [6, 6.07) is 11.5. The van der Waals surface area contributed by atoms with Crippen LogP contribution in [-0.2, 0) is 14.6 Å². The molecule has 1 amide bonds. The molecule has 0 aliphatic rings. The van der Waals surface area contributed by atoms with Crippen LogP contribution in [0.25, 0.3) is 0 Å². The van der Waals surface area contributed by atoms with Crippen molar-refractivity contribution in [3.8, 4) is 5.75 Å². The van der Waals surface area contributed by atoms with Gasteiger partial charge in [0.15, 0.2) is 9.84 Å². The van der Waals surface area contributed by atoms with Crippen LogP contribution in [0.1, 0.15) is 12.0 Å². The van der Waals surface area contributed by atoms with E-state index in [1.54, 1.807) is 18.2 Å². The number of amides is 1. The number of rotatable bonds is 6. The molecule has 0 bridgehead atoms. The van der Waals surface area contributed by atoms with E-state index in [2.05, 4.69) is 21.2 Å². The molecule has 0 saturated carbocycles. The Bertz CT molecular complexity index is 832. The third kappa shape index (κ3) is 4.82. The van der Waals surface area contributed by atoms with Crippen molar-refractivity contribution < 1.29 is 17.9 Å². The van der Waals surface area contributed by atoms with Gasteiger partial charge in [0.05, 0.1) is 17.8 Å². The molecule has 0 atom stereocenters. The number of ether oxygens (including phenoxy) is 1. The number of halogens is 1. The quantitative estimate of drug-likeness (QED) is 0.788. The second kappa shape index (κ2) is 7.81. The van der Waals surface area contributed by atoms with Gasteiger partial charge in [0.2, 0.25) is 5.91 Å². The van der Waals surface area contributed by atoms with E-state index in [9.17, 15) is 13.2 Å². The largest absolute Gasteiger partial charge is 0.497 e. The Balaban J connectivity index is 1.97. The molecule has 0 heterocycles. The lowest BCUT2D eigenvalue weighted by Crippen LogP contribution is -2.17. The van der Waals surface area contributed by atoms with Gasteiger partial charge in [0.25, 0.3) is 0 Å². The van der Waals surface area contributed by atoms with Crippen molar-refractivity contribution in [2.75, 3.05) is 18.2 Å². The molecule has 0 saturated heterocycles. The lowest BCUT2D eigenvalue weighted by molar-refractivity contribution is -0.115. The number of carbonyl (C=O) groups excluding carboxylic acids is 1. The maximum Gasteiger partial charge on any atom is 0.225 e. The van der Waals surface area contributed by atoms with Gasteiger partial charge in [-0.1, -0.05) is 15.9 Å². The summed E-state index contributed by atoms with van der Waals surface area (Å²) in [5, 5.41) is 2.71. The third-order valence-electron chi connectivity index (χ3n) is 3.46. The van der Waals surface area contributed by atoms with Gasteiger partial charge in [-0.05, 0) is 55.0 Å². The summed E-state index contributed by atoms with van der Waals surface area (Å²) in [5.41, 5.74) is 1.63. The predicted octanol–water partition coefficient (Wildman–Crippen LogP) is 3.57. The average Bonchev–Trinajstić information content (AvgIpc) is 2.56. The maximum atomic E-state index is 12.3. The molecule has 2 aromatic rings. The summed E-state index contributed by atoms with van der Waals surface area (Å²) >= 11 is 3.39. The molecule has 2 aromatic carbocycles. The Morgan fingerprint density at radius 1 is 1.17 bits per heavy atom. The van der Waals surface area contributed by atoms with Crippen LogP contribution < -0.4 is 10.1 Å². The van der Waals surface area contributed by atoms with Gasteiger partial charge in [0.1, 0.15) is 5.75 Å². The lowest BCUT2D eigenvalue weighted by Gasteiger charge is -2.08. The predicted molar refractivity (Wildman–Crippen MR) is 97.2 cm³/mol. The molecule has 2 rings (SSSR count). The fourth-order valence-electron chi connectivity index (χ4n) is 2.07. The van der Waals surface area contributed by atoms with Gasteiger partial charge < -0.3 is 10.1 Å². The summed E-state index contributed by atoms with van der Waals surface area (Å²) in [7, 11) is -2.00. The number of aryl methyl sites for hydroxylation is 1. The van der Waals surface area contributed by atoms with Crippen LogP contribution >= 0.6 is 15.9 Å². The van der Waals surface area contributed by atoms with Gasteiger partial charge in [-0.15, -0.1) is 0 Å². The molecule has 0 spiro atoms. The Labute approximate surface area is 150 Å². The van der Waals surface area contributed by atoms with Crippen LogP contribution in [0.4, 0.5) is 5.69 Å². The summed E-state index contributed by atoms with van der Waals surface area (Å²) in [6.45, 7) is 1.91. The molecule has 1 N–H and O–H groups in total. The highest BCUT2D eigenvalue weighted by Gasteiger charge is 2.16. The SMILES string of the molecule is COc1ccc(S(=O)(=O)CCC(=O)Nc2ccc(Br)c(C)c2)cc1. The summed E-state index contributed by atoms with van der Waals surface area (Å²) in [5.74, 6) is -0.00756. The zero-order valence-corrected chi connectivity index (χ0v) is 15.8. The van der Waals surface area contributed by atoms with Crippen molar-refractivity contribution in [2.24, 2.45) is 0 Å². The highest BCUT2D eigenvalue weighted by molar-refractivity contribution is 9.10. The van der Waals surface area contributed by atoms with E-state index < -0.39 is 9.84 Å². The van der Waals surface area contributed by atoms with Crippen LogP contribution in [0, 0.1) is 6.92 Å². The molecule has 5 nitrogen and oxygen atoms in total. The maximum absolute atomic E-state index is 12.3. The molecule has 0 unspecified atom stereocenters. The molecule has 24 heavy (non-hydrogen) atoms. The second-order valence-corrected chi connectivity index (χ2v) is 8.22.